The molecule has 0 saturated heterocycles. The summed E-state index contributed by atoms with van der Waals surface area (Å²) in [7, 11) is 1.17. The van der Waals surface area contributed by atoms with Gasteiger partial charge in [-0.05, 0) is 24.6 Å². The number of carbonyl (C=O) groups excluding carboxylic acids is 2. The van der Waals surface area contributed by atoms with Gasteiger partial charge in [-0.2, -0.15) is 0 Å². The smallest absolute Gasteiger partial charge is 0.330 e. The standard InChI is InChI=1S/C12H15ClN2O4/c1-7-3-4-8(5-9(7)13)14-12(18)15-10(6-16)11(17)19-2/h3-5,10,16H,6H2,1-2H3,(H2,14,15,18). The maximum Gasteiger partial charge on any atom is 0.330 e. The van der Waals surface area contributed by atoms with Crippen LogP contribution in [0.15, 0.2) is 18.2 Å². The average Bonchev–Trinajstić information content (AvgIpc) is 2.39. The minimum atomic E-state index is -1.11. The number of urea groups is 1. The van der Waals surface area contributed by atoms with Gasteiger partial charge in [0.25, 0.3) is 0 Å². The minimum Gasteiger partial charge on any atom is -0.467 e. The number of hydrogen-bond donors (Lipinski definition) is 3. The van der Waals surface area contributed by atoms with E-state index in [-0.39, 0.29) is 0 Å². The van der Waals surface area contributed by atoms with Crippen LogP contribution in [-0.4, -0.2) is 36.9 Å². The molecule has 1 atom stereocenters. The van der Waals surface area contributed by atoms with Crippen molar-refractivity contribution in [1.82, 2.24) is 5.32 Å². The molecule has 0 heterocycles. The molecule has 0 bridgehead atoms. The number of esters is 1. The molecule has 0 spiro atoms. The first-order chi connectivity index (χ1) is 8.97. The Morgan fingerprint density at radius 3 is 2.68 bits per heavy atom. The van der Waals surface area contributed by atoms with Crippen molar-refractivity contribution < 1.29 is 19.4 Å². The van der Waals surface area contributed by atoms with Crippen molar-refractivity contribution in [3.05, 3.63) is 28.8 Å². The highest BCUT2D eigenvalue weighted by atomic mass is 35.5. The largest absolute Gasteiger partial charge is 0.467 e. The van der Waals surface area contributed by atoms with Crippen molar-refractivity contribution in [2.45, 2.75) is 13.0 Å². The number of nitrogens with one attached hydrogen (secondary N) is 2. The van der Waals surface area contributed by atoms with Gasteiger partial charge in [-0.25, -0.2) is 9.59 Å². The summed E-state index contributed by atoms with van der Waals surface area (Å²) in [5, 5.41) is 14.3. The van der Waals surface area contributed by atoms with Crippen molar-refractivity contribution in [3.63, 3.8) is 0 Å². The Morgan fingerprint density at radius 1 is 1.47 bits per heavy atom. The molecular weight excluding hydrogens is 272 g/mol. The fourth-order valence-electron chi connectivity index (χ4n) is 1.32. The molecule has 7 heteroatoms. The summed E-state index contributed by atoms with van der Waals surface area (Å²) in [5.41, 5.74) is 1.37. The fourth-order valence-corrected chi connectivity index (χ4v) is 1.50. The number of carbonyl (C=O) groups is 2. The van der Waals surface area contributed by atoms with Gasteiger partial charge in [-0.15, -0.1) is 0 Å². The van der Waals surface area contributed by atoms with Crippen LogP contribution in [0.3, 0.4) is 0 Å². The molecule has 104 valence electrons. The first-order valence-electron chi connectivity index (χ1n) is 5.50. The number of aliphatic hydroxyl groups excluding tert-OH is 1. The second kappa shape index (κ2) is 6.96. The first-order valence-corrected chi connectivity index (χ1v) is 5.88. The van der Waals surface area contributed by atoms with Gasteiger partial charge in [0.2, 0.25) is 0 Å². The molecule has 6 nitrogen and oxygen atoms in total. The zero-order valence-electron chi connectivity index (χ0n) is 10.6. The number of aryl methyl sites for hydroxylation is 1. The van der Waals surface area contributed by atoms with Gasteiger partial charge in [0.15, 0.2) is 6.04 Å². The number of benzene rings is 1. The number of hydrogen-bond acceptors (Lipinski definition) is 4. The van der Waals surface area contributed by atoms with Crippen LogP contribution < -0.4 is 10.6 Å². The highest BCUT2D eigenvalue weighted by molar-refractivity contribution is 6.31. The van der Waals surface area contributed by atoms with E-state index < -0.39 is 24.6 Å². The van der Waals surface area contributed by atoms with Crippen LogP contribution in [0.25, 0.3) is 0 Å². The van der Waals surface area contributed by atoms with E-state index in [9.17, 15) is 9.59 Å². The average molecular weight is 287 g/mol. The summed E-state index contributed by atoms with van der Waals surface area (Å²) in [6, 6.07) is 3.27. The lowest BCUT2D eigenvalue weighted by Crippen LogP contribution is -2.45. The van der Waals surface area contributed by atoms with Gasteiger partial charge < -0.3 is 20.5 Å². The quantitative estimate of drug-likeness (QED) is 0.728. The van der Waals surface area contributed by atoms with Crippen molar-refractivity contribution in [2.24, 2.45) is 0 Å². The minimum absolute atomic E-state index is 0.481. The van der Waals surface area contributed by atoms with E-state index in [4.69, 9.17) is 16.7 Å². The van der Waals surface area contributed by atoms with Crippen molar-refractivity contribution >= 4 is 29.3 Å². The van der Waals surface area contributed by atoms with Crippen LogP contribution in [0.2, 0.25) is 5.02 Å². The number of aliphatic hydroxyl groups is 1. The third-order valence-electron chi connectivity index (χ3n) is 2.40. The summed E-state index contributed by atoms with van der Waals surface area (Å²) in [6.45, 7) is 1.29. The normalized spacial score (nSPS) is 11.6. The third-order valence-corrected chi connectivity index (χ3v) is 2.81. The zero-order chi connectivity index (χ0) is 14.4. The molecule has 19 heavy (non-hydrogen) atoms. The van der Waals surface area contributed by atoms with Gasteiger partial charge in [0.1, 0.15) is 0 Å². The van der Waals surface area contributed by atoms with Crippen LogP contribution in [-0.2, 0) is 9.53 Å². The number of ether oxygens (including phenoxy) is 1. The van der Waals surface area contributed by atoms with Crippen LogP contribution in [0.5, 0.6) is 0 Å². The van der Waals surface area contributed by atoms with Crippen LogP contribution in [0.4, 0.5) is 10.5 Å². The van der Waals surface area contributed by atoms with Gasteiger partial charge in [-0.1, -0.05) is 17.7 Å². The Hall–Kier alpha value is -1.79. The summed E-state index contributed by atoms with van der Waals surface area (Å²) in [6.07, 6.45) is 0. The summed E-state index contributed by atoms with van der Waals surface area (Å²) in [5.74, 6) is -0.723. The van der Waals surface area contributed by atoms with Crippen LogP contribution >= 0.6 is 11.6 Å². The molecule has 0 aromatic heterocycles. The van der Waals surface area contributed by atoms with Crippen molar-refractivity contribution in [1.29, 1.82) is 0 Å². The van der Waals surface area contributed by atoms with Crippen molar-refractivity contribution in [3.8, 4) is 0 Å². The molecule has 1 rings (SSSR count). The Kier molecular flexibility index (Phi) is 5.59. The number of methoxy groups -OCH3 is 1. The van der Waals surface area contributed by atoms with E-state index in [1.807, 2.05) is 6.92 Å². The lowest BCUT2D eigenvalue weighted by atomic mass is 10.2. The zero-order valence-corrected chi connectivity index (χ0v) is 11.3. The number of halogens is 1. The molecule has 0 aliphatic rings. The Bertz CT molecular complexity index is 479. The molecule has 0 radical (unpaired) electrons. The first kappa shape index (κ1) is 15.3. The molecule has 0 fully saturated rings. The van der Waals surface area contributed by atoms with Crippen LogP contribution in [0, 0.1) is 6.92 Å². The second-order valence-corrected chi connectivity index (χ2v) is 4.23. The molecule has 0 aliphatic heterocycles. The molecule has 1 aromatic rings. The topological polar surface area (TPSA) is 87.7 Å². The Balaban J connectivity index is 2.64. The van der Waals surface area contributed by atoms with Crippen molar-refractivity contribution in [2.75, 3.05) is 19.0 Å². The maximum atomic E-state index is 11.6. The van der Waals surface area contributed by atoms with Gasteiger partial charge in [0.05, 0.1) is 13.7 Å². The monoisotopic (exact) mass is 286 g/mol. The highest BCUT2D eigenvalue weighted by Gasteiger charge is 2.20. The molecular formula is C12H15ClN2O4. The fraction of sp³-hybridized carbons (Fsp3) is 0.333. The second-order valence-electron chi connectivity index (χ2n) is 3.82. The van der Waals surface area contributed by atoms with E-state index in [0.29, 0.717) is 10.7 Å². The predicted molar refractivity (Wildman–Crippen MR) is 71.2 cm³/mol. The summed E-state index contributed by atoms with van der Waals surface area (Å²) in [4.78, 5) is 22.8. The van der Waals surface area contributed by atoms with E-state index >= 15 is 0 Å². The van der Waals surface area contributed by atoms with E-state index in [1.54, 1.807) is 18.2 Å². The molecule has 3 N–H and O–H groups in total. The highest BCUT2D eigenvalue weighted by Crippen LogP contribution is 2.19. The Morgan fingerprint density at radius 2 is 2.16 bits per heavy atom. The summed E-state index contributed by atoms with van der Waals surface area (Å²) < 4.78 is 4.43. The lowest BCUT2D eigenvalue weighted by molar-refractivity contribution is -0.143. The maximum absolute atomic E-state index is 11.6. The predicted octanol–water partition coefficient (Wildman–Crippen LogP) is 1.30. The van der Waals surface area contributed by atoms with Gasteiger partial charge in [-0.3, -0.25) is 0 Å². The SMILES string of the molecule is COC(=O)C(CO)NC(=O)Nc1ccc(C)c(Cl)c1. The molecule has 0 saturated carbocycles. The molecule has 2 amide bonds. The van der Waals surface area contributed by atoms with E-state index in [2.05, 4.69) is 15.4 Å². The third kappa shape index (κ3) is 4.42. The molecule has 1 unspecified atom stereocenters. The lowest BCUT2D eigenvalue weighted by Gasteiger charge is -2.14. The van der Waals surface area contributed by atoms with E-state index in [0.717, 1.165) is 5.56 Å². The number of rotatable bonds is 4. The van der Waals surface area contributed by atoms with Gasteiger partial charge in [0, 0.05) is 10.7 Å². The van der Waals surface area contributed by atoms with Gasteiger partial charge >= 0.3 is 12.0 Å². The number of amides is 2. The molecule has 1 aromatic carbocycles. The van der Waals surface area contributed by atoms with Crippen LogP contribution in [0.1, 0.15) is 5.56 Å². The Labute approximate surface area is 115 Å². The number of anilines is 1. The van der Waals surface area contributed by atoms with E-state index in [1.165, 1.54) is 7.11 Å². The summed E-state index contributed by atoms with van der Waals surface area (Å²) >= 11 is 5.92. The molecule has 0 aliphatic carbocycles.